The quantitative estimate of drug-likeness (QED) is 0.350. The second kappa shape index (κ2) is 1.16. The topological polar surface area (TPSA) is 55.4 Å². The Labute approximate surface area is 35.5 Å². The van der Waals surface area contributed by atoms with Crippen molar-refractivity contribution in [1.82, 2.24) is 16.1 Å². The molecule has 1 aliphatic heterocycles. The van der Waals surface area contributed by atoms with Crippen LogP contribution in [0.25, 0.3) is 0 Å². The van der Waals surface area contributed by atoms with Crippen LogP contribution >= 0.6 is 0 Å². The first-order chi connectivity index (χ1) is 2.89. The zero-order valence-electron chi connectivity index (χ0n) is 3.05. The Hall–Kier alpha value is -0.740. The molecule has 0 amide bonds. The Morgan fingerprint density at radius 1 is 2.00 bits per heavy atom. The molecule has 1 heterocycles. The first-order valence-corrected chi connectivity index (χ1v) is 1.48. The van der Waals surface area contributed by atoms with Crippen molar-refractivity contribution in [1.29, 1.82) is 0 Å². The maximum absolute atomic E-state index is 5.05. The predicted octanol–water partition coefficient (Wildman–Crippen LogP) is -1.53. The third-order valence-corrected chi connectivity index (χ3v) is 0.427. The standard InChI is InChI=1S/C2H4N4/c3-6-2-1-4-5-6/h2,5H,3H2. The van der Waals surface area contributed by atoms with Crippen molar-refractivity contribution in [3.63, 3.8) is 0 Å². The van der Waals surface area contributed by atoms with Crippen LogP contribution in [0.2, 0.25) is 0 Å². The first-order valence-electron chi connectivity index (χ1n) is 1.48. The van der Waals surface area contributed by atoms with Crippen LogP contribution in [0, 0.1) is 6.20 Å². The molecule has 6 heavy (non-hydrogen) atoms. The molecule has 0 bridgehead atoms. The van der Waals surface area contributed by atoms with E-state index < -0.39 is 0 Å². The Morgan fingerprint density at radius 3 is 3.00 bits per heavy atom. The summed E-state index contributed by atoms with van der Waals surface area (Å²) in [6, 6.07) is 0. The molecule has 0 saturated carbocycles. The minimum Gasteiger partial charge on any atom is -0.232 e. The van der Waals surface area contributed by atoms with Gasteiger partial charge in [-0.05, 0) is 0 Å². The molecule has 0 fully saturated rings. The van der Waals surface area contributed by atoms with E-state index in [1.165, 1.54) is 11.3 Å². The van der Waals surface area contributed by atoms with Gasteiger partial charge in [-0.1, -0.05) is 0 Å². The lowest BCUT2D eigenvalue weighted by atomic mass is 11.0. The fourth-order valence-corrected chi connectivity index (χ4v) is 0.207. The molecular weight excluding hydrogens is 80.1 g/mol. The van der Waals surface area contributed by atoms with Crippen LogP contribution in [0.4, 0.5) is 0 Å². The van der Waals surface area contributed by atoms with Crippen LogP contribution in [-0.2, 0) is 0 Å². The zero-order chi connectivity index (χ0) is 4.41. The van der Waals surface area contributed by atoms with Gasteiger partial charge in [-0.15, -0.1) is 5.53 Å². The van der Waals surface area contributed by atoms with Crippen LogP contribution in [0.3, 0.4) is 0 Å². The highest BCUT2D eigenvalue weighted by molar-refractivity contribution is 4.69. The predicted molar refractivity (Wildman–Crippen MR) is 19.1 cm³/mol. The van der Waals surface area contributed by atoms with E-state index in [2.05, 4.69) is 17.2 Å². The van der Waals surface area contributed by atoms with Gasteiger partial charge in [0.15, 0.2) is 0 Å². The summed E-state index contributed by atoms with van der Waals surface area (Å²) in [5, 5.41) is 1.21. The van der Waals surface area contributed by atoms with Crippen LogP contribution in [-0.4, -0.2) is 5.12 Å². The summed E-state index contributed by atoms with van der Waals surface area (Å²) >= 11 is 0. The molecule has 4 nitrogen and oxygen atoms in total. The van der Waals surface area contributed by atoms with Crippen molar-refractivity contribution < 1.29 is 0 Å². The molecule has 0 aromatic rings. The van der Waals surface area contributed by atoms with E-state index in [0.29, 0.717) is 0 Å². The fraction of sp³-hybridized carbons (Fsp3) is 0. The van der Waals surface area contributed by atoms with Crippen molar-refractivity contribution >= 4 is 0 Å². The molecule has 0 atom stereocenters. The fourth-order valence-electron chi connectivity index (χ4n) is 0.207. The molecule has 1 rings (SSSR count). The molecule has 0 unspecified atom stereocenters. The van der Waals surface area contributed by atoms with Gasteiger partial charge in [0.25, 0.3) is 0 Å². The highest BCUT2D eigenvalue weighted by Crippen LogP contribution is 1.74. The van der Waals surface area contributed by atoms with Gasteiger partial charge in [0, 0.05) is 0 Å². The van der Waals surface area contributed by atoms with E-state index in [4.69, 9.17) is 5.84 Å². The number of nitrogens with two attached hydrogens (primary N) is 1. The van der Waals surface area contributed by atoms with Crippen LogP contribution in [0.15, 0.2) is 6.20 Å². The Bertz CT molecular complexity index is 67.9. The monoisotopic (exact) mass is 84.0 g/mol. The van der Waals surface area contributed by atoms with Gasteiger partial charge in [0.2, 0.25) is 0 Å². The number of rotatable bonds is 0. The summed E-state index contributed by atoms with van der Waals surface area (Å²) in [5.74, 6) is 5.05. The lowest BCUT2D eigenvalue weighted by molar-refractivity contribution is 0.276. The molecule has 1 aliphatic rings. The third-order valence-electron chi connectivity index (χ3n) is 0.427. The molecule has 32 valence electrons. The minimum absolute atomic E-state index is 1.21. The lowest BCUT2D eigenvalue weighted by Crippen LogP contribution is -2.37. The van der Waals surface area contributed by atoms with Crippen molar-refractivity contribution in [2.45, 2.75) is 0 Å². The number of nitrogens with one attached hydrogen (secondary N) is 1. The first kappa shape index (κ1) is 3.45. The van der Waals surface area contributed by atoms with Gasteiger partial charge in [0.1, 0.15) is 6.20 Å². The van der Waals surface area contributed by atoms with E-state index >= 15 is 0 Å². The molecule has 4 heteroatoms. The van der Waals surface area contributed by atoms with Gasteiger partial charge >= 0.3 is 0 Å². The maximum Gasteiger partial charge on any atom is 0.127 e. The second-order valence-electron chi connectivity index (χ2n) is 0.877. The number of nitrogens with zero attached hydrogens (tertiary/aromatic N) is 2. The summed E-state index contributed by atoms with van der Waals surface area (Å²) in [6.45, 7) is 0. The largest absolute Gasteiger partial charge is 0.232 e. The van der Waals surface area contributed by atoms with Crippen molar-refractivity contribution in [2.75, 3.05) is 0 Å². The summed E-state index contributed by atoms with van der Waals surface area (Å²) in [7, 11) is 0. The molecule has 0 saturated heterocycles. The second-order valence-corrected chi connectivity index (χ2v) is 0.877. The Morgan fingerprint density at radius 2 is 2.83 bits per heavy atom. The van der Waals surface area contributed by atoms with Gasteiger partial charge in [-0.3, -0.25) is 0 Å². The number of hydrogen-bond acceptors (Lipinski definition) is 3. The zero-order valence-corrected chi connectivity index (χ0v) is 3.05. The van der Waals surface area contributed by atoms with E-state index in [0.717, 1.165) is 0 Å². The summed E-state index contributed by atoms with van der Waals surface area (Å²) in [4.78, 5) is 0. The van der Waals surface area contributed by atoms with Crippen LogP contribution in [0.1, 0.15) is 0 Å². The Kier molecular flexibility index (Phi) is 0.664. The lowest BCUT2D eigenvalue weighted by Gasteiger charge is -2.01. The minimum atomic E-state index is 1.21. The smallest absolute Gasteiger partial charge is 0.127 e. The Balaban J connectivity index is 2.38. The maximum atomic E-state index is 5.05. The van der Waals surface area contributed by atoms with Crippen LogP contribution in [0.5, 0.6) is 0 Å². The normalized spacial score (nSPS) is 18.5. The van der Waals surface area contributed by atoms with Gasteiger partial charge < -0.3 is 0 Å². The third kappa shape index (κ3) is 0.425. The molecule has 0 spiro atoms. The SMILES string of the molecule is NN1C=[C][N]N1. The van der Waals surface area contributed by atoms with E-state index in [1.54, 1.807) is 0 Å². The van der Waals surface area contributed by atoms with E-state index in [-0.39, 0.29) is 0 Å². The average molecular weight is 84.1 g/mol. The van der Waals surface area contributed by atoms with Crippen molar-refractivity contribution in [3.05, 3.63) is 12.4 Å². The number of hydrazine groups is 2. The molecule has 0 aliphatic carbocycles. The van der Waals surface area contributed by atoms with Gasteiger partial charge in [-0.2, -0.15) is 5.43 Å². The highest BCUT2D eigenvalue weighted by atomic mass is 15.8. The van der Waals surface area contributed by atoms with Gasteiger partial charge in [-0.25, -0.2) is 11.0 Å². The molecule has 0 aromatic heterocycles. The molecule has 3 N–H and O–H groups in total. The molecule has 2 radical (unpaired) electrons. The van der Waals surface area contributed by atoms with E-state index in [9.17, 15) is 0 Å². The van der Waals surface area contributed by atoms with Crippen molar-refractivity contribution in [3.8, 4) is 0 Å². The summed E-state index contributed by atoms with van der Waals surface area (Å²) < 4.78 is 0. The van der Waals surface area contributed by atoms with Crippen molar-refractivity contribution in [2.24, 2.45) is 5.84 Å². The number of hydrogen-bond donors (Lipinski definition) is 2. The summed E-state index contributed by atoms with van der Waals surface area (Å²) in [5.41, 5.74) is 5.80. The van der Waals surface area contributed by atoms with Gasteiger partial charge in [0.05, 0.1) is 6.20 Å². The highest BCUT2D eigenvalue weighted by Gasteiger charge is 1.93. The average Bonchev–Trinajstić information content (AvgIpc) is 1.86. The molecular formula is C2H4N4. The van der Waals surface area contributed by atoms with E-state index in [1.807, 2.05) is 0 Å². The summed E-state index contributed by atoms with van der Waals surface area (Å²) in [6.07, 6.45) is 3.95. The van der Waals surface area contributed by atoms with Crippen LogP contribution < -0.4 is 16.8 Å². The molecule has 0 aromatic carbocycles.